The molecule has 3 aromatic rings. The van der Waals surface area contributed by atoms with E-state index in [4.69, 9.17) is 0 Å². The topological polar surface area (TPSA) is 41.5 Å². The predicted octanol–water partition coefficient (Wildman–Crippen LogP) is 5.56. The second kappa shape index (κ2) is 6.96. The summed E-state index contributed by atoms with van der Waals surface area (Å²) in [6.45, 7) is 0. The molecule has 0 heterocycles. The van der Waals surface area contributed by atoms with Gasteiger partial charge in [0.15, 0.2) is 0 Å². The molecule has 1 N–H and O–H groups in total. The van der Waals surface area contributed by atoms with Crippen LogP contribution in [0, 0.1) is 0 Å². The van der Waals surface area contributed by atoms with Crippen molar-refractivity contribution in [2.75, 3.05) is 5.32 Å². The van der Waals surface area contributed by atoms with Crippen LogP contribution >= 0.6 is 0 Å². The van der Waals surface area contributed by atoms with Crippen molar-refractivity contribution >= 4 is 22.9 Å². The van der Waals surface area contributed by atoms with Crippen molar-refractivity contribution < 1.29 is 18.0 Å². The summed E-state index contributed by atoms with van der Waals surface area (Å²) in [5.41, 5.74) is 1.60. The average Bonchev–Trinajstić information content (AvgIpc) is 2.94. The molecule has 1 aliphatic rings. The predicted molar refractivity (Wildman–Crippen MR) is 102 cm³/mol. The molecule has 1 unspecified atom stereocenters. The van der Waals surface area contributed by atoms with E-state index in [2.05, 4.69) is 10.3 Å². The molecule has 0 aromatic heterocycles. The third-order valence-electron chi connectivity index (χ3n) is 4.52. The van der Waals surface area contributed by atoms with Gasteiger partial charge in [-0.1, -0.05) is 48.5 Å². The molecular weight excluding hydrogens is 365 g/mol. The molecule has 1 aliphatic carbocycles. The van der Waals surface area contributed by atoms with Crippen LogP contribution < -0.4 is 5.32 Å². The molecule has 0 bridgehead atoms. The molecule has 0 fully saturated rings. The number of halogens is 3. The minimum Gasteiger partial charge on any atom is -0.371 e. The van der Waals surface area contributed by atoms with E-state index in [0.29, 0.717) is 5.56 Å². The maximum atomic E-state index is 13.0. The number of alkyl halides is 3. The minimum absolute atomic E-state index is 0.0911. The Hall–Kier alpha value is -3.41. The number of benzene rings is 3. The van der Waals surface area contributed by atoms with E-state index < -0.39 is 17.8 Å². The highest BCUT2D eigenvalue weighted by molar-refractivity contribution is 6.51. The Morgan fingerprint density at radius 2 is 1.57 bits per heavy atom. The SMILES string of the molecule is O=C1C(=Nc2cccc(C(F)(F)F)c2)c2ccccc2C1Nc1ccccc1. The van der Waals surface area contributed by atoms with Crippen molar-refractivity contribution in [1.29, 1.82) is 0 Å². The summed E-state index contributed by atoms with van der Waals surface area (Å²) in [6.07, 6.45) is -4.47. The van der Waals surface area contributed by atoms with E-state index in [1.807, 2.05) is 42.5 Å². The maximum Gasteiger partial charge on any atom is 0.416 e. The second-order valence-corrected chi connectivity index (χ2v) is 6.40. The van der Waals surface area contributed by atoms with Crippen LogP contribution in [0.15, 0.2) is 83.9 Å². The van der Waals surface area contributed by atoms with E-state index >= 15 is 0 Å². The molecule has 0 amide bonds. The number of nitrogens with one attached hydrogen (secondary N) is 1. The van der Waals surface area contributed by atoms with Crippen LogP contribution in [-0.2, 0) is 11.0 Å². The second-order valence-electron chi connectivity index (χ2n) is 6.40. The van der Waals surface area contributed by atoms with Crippen molar-refractivity contribution in [2.24, 2.45) is 4.99 Å². The van der Waals surface area contributed by atoms with Gasteiger partial charge in [0.05, 0.1) is 11.3 Å². The van der Waals surface area contributed by atoms with Gasteiger partial charge >= 0.3 is 6.18 Å². The van der Waals surface area contributed by atoms with Gasteiger partial charge < -0.3 is 5.32 Å². The number of carbonyl (C=O) groups excluding carboxylic acids is 1. The number of carbonyl (C=O) groups is 1. The molecule has 6 heteroatoms. The largest absolute Gasteiger partial charge is 0.416 e. The number of para-hydroxylation sites is 1. The smallest absolute Gasteiger partial charge is 0.371 e. The minimum atomic E-state index is -4.47. The summed E-state index contributed by atoms with van der Waals surface area (Å²) in [5.74, 6) is -0.275. The normalized spacial score (nSPS) is 17.6. The molecule has 140 valence electrons. The summed E-state index contributed by atoms with van der Waals surface area (Å²) >= 11 is 0. The first kappa shape index (κ1) is 18.0. The molecule has 0 saturated carbocycles. The standard InChI is InChI=1S/C22H15F3N2O/c23-22(24,25)14-7-6-10-16(13-14)27-20-18-12-5-4-11-17(18)19(21(20)28)26-15-8-2-1-3-9-15/h1-13,19,26H. The highest BCUT2D eigenvalue weighted by atomic mass is 19.4. The fourth-order valence-electron chi connectivity index (χ4n) is 3.22. The van der Waals surface area contributed by atoms with Crippen LogP contribution in [-0.4, -0.2) is 11.5 Å². The first-order valence-electron chi connectivity index (χ1n) is 8.64. The number of fused-ring (bicyclic) bond motifs is 1. The van der Waals surface area contributed by atoms with Gasteiger partial charge in [0.1, 0.15) is 11.8 Å². The molecule has 0 aliphatic heterocycles. The Balaban J connectivity index is 1.74. The van der Waals surface area contributed by atoms with Gasteiger partial charge in [-0.05, 0) is 35.9 Å². The Labute approximate surface area is 159 Å². The first-order valence-corrected chi connectivity index (χ1v) is 8.64. The number of aliphatic imine (C=N–C) groups is 1. The lowest BCUT2D eigenvalue weighted by Gasteiger charge is -2.13. The molecule has 28 heavy (non-hydrogen) atoms. The zero-order valence-electron chi connectivity index (χ0n) is 14.6. The number of ketones is 1. The van der Waals surface area contributed by atoms with E-state index in [0.717, 1.165) is 23.4 Å². The van der Waals surface area contributed by atoms with Crippen molar-refractivity contribution in [3.05, 3.63) is 95.6 Å². The van der Waals surface area contributed by atoms with Crippen molar-refractivity contribution in [3.8, 4) is 0 Å². The number of anilines is 1. The number of rotatable bonds is 3. The van der Waals surface area contributed by atoms with Crippen molar-refractivity contribution in [1.82, 2.24) is 0 Å². The van der Waals surface area contributed by atoms with E-state index in [-0.39, 0.29) is 17.2 Å². The Morgan fingerprint density at radius 1 is 0.857 bits per heavy atom. The molecule has 3 nitrogen and oxygen atoms in total. The fraction of sp³-hybridized carbons (Fsp3) is 0.0909. The third kappa shape index (κ3) is 3.41. The highest BCUT2D eigenvalue weighted by Crippen LogP contribution is 2.35. The summed E-state index contributed by atoms with van der Waals surface area (Å²) < 4.78 is 38.9. The lowest BCUT2D eigenvalue weighted by molar-refractivity contribution is -0.137. The van der Waals surface area contributed by atoms with Gasteiger partial charge in [0.2, 0.25) is 5.78 Å². The van der Waals surface area contributed by atoms with Gasteiger partial charge in [0.25, 0.3) is 0 Å². The van der Waals surface area contributed by atoms with Gasteiger partial charge in [-0.3, -0.25) is 4.79 Å². The lowest BCUT2D eigenvalue weighted by atomic mass is 10.1. The summed E-state index contributed by atoms with van der Waals surface area (Å²) in [6, 6.07) is 20.5. The molecule has 1 atom stereocenters. The number of Topliss-reactive ketones (excluding diaryl/α,β-unsaturated/α-hetero) is 1. The van der Waals surface area contributed by atoms with Crippen LogP contribution in [0.2, 0.25) is 0 Å². The number of hydrogen-bond acceptors (Lipinski definition) is 3. The molecule has 4 rings (SSSR count). The van der Waals surface area contributed by atoms with Gasteiger partial charge in [-0.25, -0.2) is 4.99 Å². The fourth-order valence-corrected chi connectivity index (χ4v) is 3.22. The molecule has 0 spiro atoms. The summed E-state index contributed by atoms with van der Waals surface area (Å²) in [7, 11) is 0. The monoisotopic (exact) mass is 380 g/mol. The van der Waals surface area contributed by atoms with Crippen LogP contribution in [0.4, 0.5) is 24.5 Å². The quantitative estimate of drug-likeness (QED) is 0.646. The van der Waals surface area contributed by atoms with Gasteiger partial charge in [-0.15, -0.1) is 0 Å². The summed E-state index contributed by atoms with van der Waals surface area (Å²) in [5, 5.41) is 3.19. The zero-order valence-corrected chi connectivity index (χ0v) is 14.6. The van der Waals surface area contributed by atoms with Crippen LogP contribution in [0.3, 0.4) is 0 Å². The molecule has 3 aromatic carbocycles. The van der Waals surface area contributed by atoms with Crippen molar-refractivity contribution in [2.45, 2.75) is 12.2 Å². The lowest BCUT2D eigenvalue weighted by Crippen LogP contribution is -2.20. The number of nitrogens with zero attached hydrogens (tertiary/aromatic N) is 1. The Kier molecular flexibility index (Phi) is 4.47. The third-order valence-corrected chi connectivity index (χ3v) is 4.52. The van der Waals surface area contributed by atoms with E-state index in [1.165, 1.54) is 12.1 Å². The number of hydrogen-bond donors (Lipinski definition) is 1. The van der Waals surface area contributed by atoms with Crippen molar-refractivity contribution in [3.63, 3.8) is 0 Å². The molecule has 0 saturated heterocycles. The molecule has 0 radical (unpaired) electrons. The zero-order chi connectivity index (χ0) is 19.7. The van der Waals surface area contributed by atoms with E-state index in [9.17, 15) is 18.0 Å². The van der Waals surface area contributed by atoms with Crippen LogP contribution in [0.1, 0.15) is 22.7 Å². The highest BCUT2D eigenvalue weighted by Gasteiger charge is 2.36. The maximum absolute atomic E-state index is 13.0. The van der Waals surface area contributed by atoms with Gasteiger partial charge in [-0.2, -0.15) is 13.2 Å². The summed E-state index contributed by atoms with van der Waals surface area (Å²) in [4.78, 5) is 17.3. The van der Waals surface area contributed by atoms with Crippen LogP contribution in [0.5, 0.6) is 0 Å². The Morgan fingerprint density at radius 3 is 2.32 bits per heavy atom. The van der Waals surface area contributed by atoms with E-state index in [1.54, 1.807) is 12.1 Å². The first-order chi connectivity index (χ1) is 13.4. The van der Waals surface area contributed by atoms with Crippen LogP contribution in [0.25, 0.3) is 0 Å². The van der Waals surface area contributed by atoms with Gasteiger partial charge in [0, 0.05) is 11.3 Å². The molecular formula is C22H15F3N2O. The Bertz CT molecular complexity index is 1060. The average molecular weight is 380 g/mol.